The molecule has 1 amide bonds. The molecule has 158 valence electrons. The number of amides is 1. The number of carbonyl (C=O) groups excluding carboxylic acids is 1. The van der Waals surface area contributed by atoms with Crippen LogP contribution in [0.2, 0.25) is 5.02 Å². The molecule has 0 saturated carbocycles. The van der Waals surface area contributed by atoms with Gasteiger partial charge in [0.05, 0.1) is 23.0 Å². The van der Waals surface area contributed by atoms with Crippen LogP contribution in [0.3, 0.4) is 0 Å². The van der Waals surface area contributed by atoms with Crippen LogP contribution in [0.1, 0.15) is 43.9 Å². The van der Waals surface area contributed by atoms with E-state index in [0.29, 0.717) is 6.42 Å². The van der Waals surface area contributed by atoms with Crippen molar-refractivity contribution in [3.05, 3.63) is 64.4 Å². The molecule has 2 unspecified atom stereocenters. The average molecular weight is 441 g/mol. The van der Waals surface area contributed by atoms with Crippen molar-refractivity contribution in [1.82, 2.24) is 5.32 Å². The summed E-state index contributed by atoms with van der Waals surface area (Å²) in [6, 6.07) is 10.2. The Labute approximate surface area is 176 Å². The lowest BCUT2D eigenvalue weighted by Crippen LogP contribution is -2.50. The van der Waals surface area contributed by atoms with E-state index in [-0.39, 0.29) is 23.2 Å². The number of benzene rings is 2. The lowest BCUT2D eigenvalue weighted by atomic mass is 10.0. The van der Waals surface area contributed by atoms with Crippen molar-refractivity contribution >= 4 is 33.2 Å². The van der Waals surface area contributed by atoms with E-state index in [2.05, 4.69) is 5.32 Å². The Kier molecular flexibility index (Phi) is 7.66. The Morgan fingerprint density at radius 1 is 1.14 bits per heavy atom. The van der Waals surface area contributed by atoms with Gasteiger partial charge in [-0.1, -0.05) is 55.3 Å². The molecular formula is C21H26ClFN2O3S. The zero-order valence-electron chi connectivity index (χ0n) is 16.9. The molecule has 2 aromatic carbocycles. The van der Waals surface area contributed by atoms with Crippen molar-refractivity contribution in [2.45, 2.75) is 45.7 Å². The number of halogens is 2. The number of nitrogens with one attached hydrogen (secondary N) is 1. The third-order valence-corrected chi connectivity index (χ3v) is 6.16. The molecule has 2 atom stereocenters. The molecule has 0 bridgehead atoms. The topological polar surface area (TPSA) is 66.5 Å². The van der Waals surface area contributed by atoms with Crippen molar-refractivity contribution < 1.29 is 17.6 Å². The molecule has 0 radical (unpaired) electrons. The van der Waals surface area contributed by atoms with Gasteiger partial charge in [0.1, 0.15) is 11.9 Å². The second-order valence-electron chi connectivity index (χ2n) is 6.96. The van der Waals surface area contributed by atoms with E-state index >= 15 is 0 Å². The zero-order valence-corrected chi connectivity index (χ0v) is 18.5. The summed E-state index contributed by atoms with van der Waals surface area (Å²) >= 11 is 5.84. The number of hydrogen-bond acceptors (Lipinski definition) is 3. The van der Waals surface area contributed by atoms with Crippen LogP contribution in [-0.2, 0) is 14.8 Å². The van der Waals surface area contributed by atoms with Crippen LogP contribution in [0.4, 0.5) is 10.1 Å². The predicted molar refractivity (Wildman–Crippen MR) is 115 cm³/mol. The summed E-state index contributed by atoms with van der Waals surface area (Å²) in [6.45, 7) is 5.65. The van der Waals surface area contributed by atoms with Gasteiger partial charge in [-0.15, -0.1) is 0 Å². The van der Waals surface area contributed by atoms with Gasteiger partial charge < -0.3 is 5.32 Å². The smallest absolute Gasteiger partial charge is 0.244 e. The third kappa shape index (κ3) is 5.70. The number of anilines is 1. The minimum atomic E-state index is -3.83. The molecule has 0 saturated heterocycles. The largest absolute Gasteiger partial charge is 0.347 e. The first-order chi connectivity index (χ1) is 13.6. The van der Waals surface area contributed by atoms with E-state index in [1.807, 2.05) is 38.1 Å². The highest BCUT2D eigenvalue weighted by molar-refractivity contribution is 7.92. The molecule has 2 aromatic rings. The highest BCUT2D eigenvalue weighted by Gasteiger charge is 2.32. The second kappa shape index (κ2) is 9.59. The molecule has 0 aliphatic heterocycles. The minimum Gasteiger partial charge on any atom is -0.347 e. The predicted octanol–water partition coefficient (Wildman–Crippen LogP) is 4.60. The molecule has 0 spiro atoms. The maximum Gasteiger partial charge on any atom is 0.244 e. The number of rotatable bonds is 8. The molecule has 0 heterocycles. The van der Waals surface area contributed by atoms with Gasteiger partial charge in [-0.3, -0.25) is 9.10 Å². The normalized spacial score (nSPS) is 13.6. The van der Waals surface area contributed by atoms with Gasteiger partial charge in [0.25, 0.3) is 0 Å². The molecule has 0 aliphatic rings. The monoisotopic (exact) mass is 440 g/mol. The summed E-state index contributed by atoms with van der Waals surface area (Å²) in [5.41, 5.74) is 2.19. The highest BCUT2D eigenvalue weighted by Crippen LogP contribution is 2.28. The Morgan fingerprint density at radius 3 is 2.24 bits per heavy atom. The van der Waals surface area contributed by atoms with Crippen LogP contribution >= 0.6 is 11.6 Å². The molecule has 0 fully saturated rings. The summed E-state index contributed by atoms with van der Waals surface area (Å²) < 4.78 is 39.6. The van der Waals surface area contributed by atoms with Crippen LogP contribution in [-0.4, -0.2) is 26.6 Å². The van der Waals surface area contributed by atoms with Crippen molar-refractivity contribution in [2.24, 2.45) is 0 Å². The number of carbonyl (C=O) groups is 1. The van der Waals surface area contributed by atoms with Gasteiger partial charge in [-0.25, -0.2) is 12.8 Å². The minimum absolute atomic E-state index is 0.143. The summed E-state index contributed by atoms with van der Waals surface area (Å²) in [6.07, 6.45) is 1.89. The van der Waals surface area contributed by atoms with Crippen molar-refractivity contribution in [3.8, 4) is 0 Å². The van der Waals surface area contributed by atoms with Crippen LogP contribution < -0.4 is 9.62 Å². The Hall–Kier alpha value is -2.12. The molecule has 8 heteroatoms. The molecule has 1 N–H and O–H groups in total. The van der Waals surface area contributed by atoms with Crippen molar-refractivity contribution in [1.29, 1.82) is 0 Å². The fourth-order valence-corrected chi connectivity index (χ4v) is 4.55. The fourth-order valence-electron chi connectivity index (χ4n) is 3.17. The van der Waals surface area contributed by atoms with Gasteiger partial charge in [-0.05, 0) is 43.5 Å². The highest BCUT2D eigenvalue weighted by atomic mass is 35.5. The lowest BCUT2D eigenvalue weighted by Gasteiger charge is -2.31. The van der Waals surface area contributed by atoms with E-state index in [0.717, 1.165) is 27.8 Å². The van der Waals surface area contributed by atoms with Crippen LogP contribution in [0.5, 0.6) is 0 Å². The molecule has 29 heavy (non-hydrogen) atoms. The second-order valence-corrected chi connectivity index (χ2v) is 9.23. The van der Waals surface area contributed by atoms with E-state index in [1.165, 1.54) is 12.1 Å². The van der Waals surface area contributed by atoms with Gasteiger partial charge in [-0.2, -0.15) is 0 Å². The summed E-state index contributed by atoms with van der Waals surface area (Å²) in [7, 11) is -3.83. The Bertz CT molecular complexity index is 964. The Morgan fingerprint density at radius 2 is 1.76 bits per heavy atom. The Balaban J connectivity index is 2.36. The number of sulfonamides is 1. The van der Waals surface area contributed by atoms with E-state index in [1.54, 1.807) is 6.92 Å². The van der Waals surface area contributed by atoms with E-state index < -0.39 is 27.8 Å². The van der Waals surface area contributed by atoms with Gasteiger partial charge >= 0.3 is 0 Å². The van der Waals surface area contributed by atoms with Crippen LogP contribution in [0, 0.1) is 12.7 Å². The van der Waals surface area contributed by atoms with Gasteiger partial charge in [0, 0.05) is 0 Å². The third-order valence-electron chi connectivity index (χ3n) is 4.69. The molecule has 2 rings (SSSR count). The standard InChI is InChI=1S/C21H26ClFN2O3S/c1-5-19(15-9-7-14(3)8-10-15)24-21(26)20(6-2)25(29(4,27)28)16-11-12-18(23)17(22)13-16/h7-13,19-20H,5-6H2,1-4H3,(H,24,26). The van der Waals surface area contributed by atoms with Crippen LogP contribution in [0.25, 0.3) is 0 Å². The molecule has 0 aromatic heterocycles. The number of hydrogen-bond donors (Lipinski definition) is 1. The van der Waals surface area contributed by atoms with Gasteiger partial charge in [0.15, 0.2) is 0 Å². The molecule has 5 nitrogen and oxygen atoms in total. The summed E-state index contributed by atoms with van der Waals surface area (Å²) in [5.74, 6) is -1.09. The first-order valence-corrected chi connectivity index (χ1v) is 11.6. The van der Waals surface area contributed by atoms with Crippen LogP contribution in [0.15, 0.2) is 42.5 Å². The average Bonchev–Trinajstić information content (AvgIpc) is 2.66. The van der Waals surface area contributed by atoms with Crippen molar-refractivity contribution in [3.63, 3.8) is 0 Å². The fraction of sp³-hybridized carbons (Fsp3) is 0.381. The quantitative estimate of drug-likeness (QED) is 0.652. The summed E-state index contributed by atoms with van der Waals surface area (Å²) in [4.78, 5) is 13.1. The molecule has 0 aliphatic carbocycles. The molecular weight excluding hydrogens is 415 g/mol. The summed E-state index contributed by atoms with van der Waals surface area (Å²) in [5, 5.41) is 2.74. The van der Waals surface area contributed by atoms with Gasteiger partial charge in [0.2, 0.25) is 15.9 Å². The lowest BCUT2D eigenvalue weighted by molar-refractivity contribution is -0.123. The van der Waals surface area contributed by atoms with Crippen molar-refractivity contribution in [2.75, 3.05) is 10.6 Å². The SMILES string of the molecule is CCC(NC(=O)C(CC)N(c1ccc(F)c(Cl)c1)S(C)(=O)=O)c1ccc(C)cc1. The number of aryl methyl sites for hydroxylation is 1. The van der Waals surface area contributed by atoms with E-state index in [9.17, 15) is 17.6 Å². The first kappa shape index (κ1) is 23.2. The zero-order chi connectivity index (χ0) is 21.8. The maximum atomic E-state index is 13.6. The maximum absolute atomic E-state index is 13.6. The first-order valence-electron chi connectivity index (χ1n) is 9.39. The van der Waals surface area contributed by atoms with E-state index in [4.69, 9.17) is 11.6 Å². The number of nitrogens with zero attached hydrogens (tertiary/aromatic N) is 1.